The molecule has 1 atom stereocenters. The number of carbonyl (C=O) groups excluding carboxylic acids is 1. The van der Waals surface area contributed by atoms with Crippen molar-refractivity contribution in [3.05, 3.63) is 35.9 Å². The van der Waals surface area contributed by atoms with Gasteiger partial charge in [0, 0.05) is 0 Å². The summed E-state index contributed by atoms with van der Waals surface area (Å²) in [5.41, 5.74) is -0.270. The van der Waals surface area contributed by atoms with E-state index in [0.29, 0.717) is 5.56 Å². The third-order valence-corrected chi connectivity index (χ3v) is 2.02. The average Bonchev–Trinajstić information content (AvgIpc) is 2.15. The van der Waals surface area contributed by atoms with Crippen molar-refractivity contribution in [3.63, 3.8) is 0 Å². The second-order valence-corrected chi connectivity index (χ2v) is 4.72. The standard InChI is InChI=1S/C13H16O4/c1-13(2,3)17-12(16)10(11(14)15)9-7-5-4-6-8-9/h4-8,10H,1-3H3,(H,14,15)/t10-/m0/s1. The van der Waals surface area contributed by atoms with Crippen LogP contribution in [-0.4, -0.2) is 22.6 Å². The van der Waals surface area contributed by atoms with E-state index in [1.54, 1.807) is 51.1 Å². The topological polar surface area (TPSA) is 63.6 Å². The predicted octanol–water partition coefficient (Wildman–Crippen LogP) is 2.20. The summed E-state index contributed by atoms with van der Waals surface area (Å²) >= 11 is 0. The molecule has 4 heteroatoms. The third kappa shape index (κ3) is 3.90. The highest BCUT2D eigenvalue weighted by molar-refractivity contribution is 6.00. The Morgan fingerprint density at radius 3 is 2.12 bits per heavy atom. The van der Waals surface area contributed by atoms with Gasteiger partial charge in [-0.1, -0.05) is 30.3 Å². The Labute approximate surface area is 100 Å². The molecule has 0 spiro atoms. The van der Waals surface area contributed by atoms with Gasteiger partial charge in [0.05, 0.1) is 0 Å². The zero-order valence-electron chi connectivity index (χ0n) is 10.1. The molecule has 0 aliphatic heterocycles. The summed E-state index contributed by atoms with van der Waals surface area (Å²) in [6.45, 7) is 5.11. The van der Waals surface area contributed by atoms with Crippen LogP contribution in [0.4, 0.5) is 0 Å². The number of carboxylic acid groups (broad SMARTS) is 1. The Bertz CT molecular complexity index is 403. The minimum atomic E-state index is -1.27. The van der Waals surface area contributed by atoms with Gasteiger partial charge in [-0.05, 0) is 26.3 Å². The van der Waals surface area contributed by atoms with Crippen LogP contribution >= 0.6 is 0 Å². The molecule has 0 saturated carbocycles. The number of carbonyl (C=O) groups is 2. The van der Waals surface area contributed by atoms with Crippen LogP contribution in [0.3, 0.4) is 0 Å². The largest absolute Gasteiger partial charge is 0.480 e. The quantitative estimate of drug-likeness (QED) is 0.645. The first-order valence-corrected chi connectivity index (χ1v) is 5.32. The minimum absolute atomic E-state index is 0.425. The Hall–Kier alpha value is -1.84. The van der Waals surface area contributed by atoms with E-state index in [4.69, 9.17) is 9.84 Å². The molecule has 0 bridgehead atoms. The SMILES string of the molecule is CC(C)(C)OC(=O)[C@H](C(=O)O)c1ccccc1. The van der Waals surface area contributed by atoms with Gasteiger partial charge in [0.25, 0.3) is 0 Å². The van der Waals surface area contributed by atoms with Gasteiger partial charge < -0.3 is 9.84 Å². The summed E-state index contributed by atoms with van der Waals surface area (Å²) in [6, 6.07) is 8.34. The number of ether oxygens (including phenoxy) is 1. The Morgan fingerprint density at radius 2 is 1.71 bits per heavy atom. The highest BCUT2D eigenvalue weighted by Crippen LogP contribution is 2.20. The fourth-order valence-electron chi connectivity index (χ4n) is 1.39. The number of aliphatic carboxylic acids is 1. The summed E-state index contributed by atoms with van der Waals surface area (Å²) in [5.74, 6) is -3.21. The average molecular weight is 236 g/mol. The summed E-state index contributed by atoms with van der Waals surface area (Å²) in [7, 11) is 0. The van der Waals surface area contributed by atoms with Crippen LogP contribution in [0, 0.1) is 0 Å². The van der Waals surface area contributed by atoms with Gasteiger partial charge in [0.2, 0.25) is 0 Å². The zero-order chi connectivity index (χ0) is 13.1. The Kier molecular flexibility index (Phi) is 3.89. The number of rotatable bonds is 3. The van der Waals surface area contributed by atoms with E-state index in [1.165, 1.54) is 0 Å². The van der Waals surface area contributed by atoms with Crippen molar-refractivity contribution >= 4 is 11.9 Å². The van der Waals surface area contributed by atoms with E-state index in [9.17, 15) is 9.59 Å². The van der Waals surface area contributed by atoms with Crippen LogP contribution in [0.5, 0.6) is 0 Å². The minimum Gasteiger partial charge on any atom is -0.480 e. The molecule has 0 amide bonds. The Balaban J connectivity index is 2.96. The van der Waals surface area contributed by atoms with Crippen LogP contribution in [0.1, 0.15) is 32.3 Å². The molecule has 17 heavy (non-hydrogen) atoms. The van der Waals surface area contributed by atoms with Crippen molar-refractivity contribution in [3.8, 4) is 0 Å². The number of benzene rings is 1. The van der Waals surface area contributed by atoms with Crippen molar-refractivity contribution in [1.29, 1.82) is 0 Å². The van der Waals surface area contributed by atoms with Gasteiger partial charge >= 0.3 is 11.9 Å². The van der Waals surface area contributed by atoms with Crippen molar-refractivity contribution in [2.75, 3.05) is 0 Å². The van der Waals surface area contributed by atoms with E-state index in [1.807, 2.05) is 0 Å². The van der Waals surface area contributed by atoms with Crippen molar-refractivity contribution in [1.82, 2.24) is 0 Å². The highest BCUT2D eigenvalue weighted by Gasteiger charge is 2.32. The van der Waals surface area contributed by atoms with Crippen molar-refractivity contribution in [2.45, 2.75) is 32.3 Å². The van der Waals surface area contributed by atoms with Crippen molar-refractivity contribution in [2.24, 2.45) is 0 Å². The monoisotopic (exact) mass is 236 g/mol. The van der Waals surface area contributed by atoms with Crippen LogP contribution in [-0.2, 0) is 14.3 Å². The summed E-state index contributed by atoms with van der Waals surface area (Å²) in [5, 5.41) is 9.09. The normalized spacial score (nSPS) is 12.9. The molecule has 0 fully saturated rings. The lowest BCUT2D eigenvalue weighted by molar-refractivity contribution is -0.162. The number of hydrogen-bond donors (Lipinski definition) is 1. The molecule has 92 valence electrons. The van der Waals surface area contributed by atoms with E-state index >= 15 is 0 Å². The van der Waals surface area contributed by atoms with Gasteiger partial charge in [0.1, 0.15) is 5.60 Å². The van der Waals surface area contributed by atoms with Crippen molar-refractivity contribution < 1.29 is 19.4 Å². The molecule has 1 rings (SSSR count). The fourth-order valence-corrected chi connectivity index (χ4v) is 1.39. The van der Waals surface area contributed by atoms with E-state index < -0.39 is 23.5 Å². The molecule has 1 aromatic carbocycles. The van der Waals surface area contributed by atoms with Gasteiger partial charge in [-0.15, -0.1) is 0 Å². The van der Waals surface area contributed by atoms with Crippen LogP contribution in [0.25, 0.3) is 0 Å². The summed E-state index contributed by atoms with van der Waals surface area (Å²) in [6.07, 6.45) is 0. The second-order valence-electron chi connectivity index (χ2n) is 4.72. The number of carboxylic acids is 1. The molecule has 1 N–H and O–H groups in total. The smallest absolute Gasteiger partial charge is 0.325 e. The molecule has 0 unspecified atom stereocenters. The second kappa shape index (κ2) is 4.99. The molecule has 0 aliphatic rings. The van der Waals surface area contributed by atoms with E-state index in [2.05, 4.69) is 0 Å². The lowest BCUT2D eigenvalue weighted by atomic mass is 9.99. The number of hydrogen-bond acceptors (Lipinski definition) is 3. The molecular formula is C13H16O4. The van der Waals surface area contributed by atoms with Gasteiger partial charge in [-0.2, -0.15) is 0 Å². The first kappa shape index (κ1) is 13.2. The lowest BCUT2D eigenvalue weighted by Gasteiger charge is -2.22. The molecular weight excluding hydrogens is 220 g/mol. The van der Waals surface area contributed by atoms with E-state index in [-0.39, 0.29) is 0 Å². The van der Waals surface area contributed by atoms with Gasteiger partial charge in [0.15, 0.2) is 5.92 Å². The van der Waals surface area contributed by atoms with Crippen LogP contribution < -0.4 is 0 Å². The molecule has 4 nitrogen and oxygen atoms in total. The summed E-state index contributed by atoms with van der Waals surface area (Å²) in [4.78, 5) is 22.9. The third-order valence-electron chi connectivity index (χ3n) is 2.02. The maximum absolute atomic E-state index is 11.8. The molecule has 1 aromatic rings. The fraction of sp³-hybridized carbons (Fsp3) is 0.385. The van der Waals surface area contributed by atoms with Gasteiger partial charge in [-0.3, -0.25) is 9.59 Å². The maximum Gasteiger partial charge on any atom is 0.325 e. The number of esters is 1. The first-order valence-electron chi connectivity index (χ1n) is 5.32. The molecule has 0 aromatic heterocycles. The van der Waals surface area contributed by atoms with Crippen LogP contribution in [0.15, 0.2) is 30.3 Å². The predicted molar refractivity (Wildman–Crippen MR) is 62.7 cm³/mol. The first-order chi connectivity index (χ1) is 7.81. The molecule has 0 radical (unpaired) electrons. The summed E-state index contributed by atoms with van der Waals surface area (Å²) < 4.78 is 5.10. The molecule has 0 heterocycles. The molecule has 0 saturated heterocycles. The maximum atomic E-state index is 11.8. The Morgan fingerprint density at radius 1 is 1.18 bits per heavy atom. The zero-order valence-corrected chi connectivity index (χ0v) is 10.1. The lowest BCUT2D eigenvalue weighted by Crippen LogP contribution is -2.31. The highest BCUT2D eigenvalue weighted by atomic mass is 16.6. The van der Waals surface area contributed by atoms with Gasteiger partial charge in [-0.25, -0.2) is 0 Å². The van der Waals surface area contributed by atoms with E-state index in [0.717, 1.165) is 0 Å². The van der Waals surface area contributed by atoms with Crippen LogP contribution in [0.2, 0.25) is 0 Å². The molecule has 0 aliphatic carbocycles.